The molecule has 0 unspecified atom stereocenters. The van der Waals surface area contributed by atoms with E-state index in [0.29, 0.717) is 5.41 Å². The number of benzene rings is 4. The number of aryl methyl sites for hydroxylation is 8. The van der Waals surface area contributed by atoms with Crippen LogP contribution >= 0.6 is 0 Å². The van der Waals surface area contributed by atoms with Crippen LogP contribution in [-0.2, 0) is 51.4 Å². The molecule has 0 amide bonds. The highest BCUT2D eigenvalue weighted by atomic mass is 14.3. The Balaban J connectivity index is 1.39. The lowest BCUT2D eigenvalue weighted by molar-refractivity contribution is 0.174. The Kier molecular flexibility index (Phi) is 17.3. The van der Waals surface area contributed by atoms with Gasteiger partial charge in [0.25, 0.3) is 0 Å². The lowest BCUT2D eigenvalue weighted by Crippen LogP contribution is -2.22. The minimum Gasteiger partial charge on any atom is -0.0613 e. The summed E-state index contributed by atoms with van der Waals surface area (Å²) in [7, 11) is 0. The molecule has 0 saturated heterocycles. The van der Waals surface area contributed by atoms with Gasteiger partial charge in [0.2, 0.25) is 0 Å². The van der Waals surface area contributed by atoms with Gasteiger partial charge >= 0.3 is 0 Å². The van der Waals surface area contributed by atoms with Gasteiger partial charge in [-0.05, 0) is 153 Å². The van der Waals surface area contributed by atoms with Crippen molar-refractivity contribution in [2.45, 2.75) is 156 Å². The lowest BCUT2D eigenvalue weighted by Gasteiger charge is -2.35. The molecule has 0 heteroatoms. The first-order chi connectivity index (χ1) is 24.0. The maximum atomic E-state index is 2.37. The van der Waals surface area contributed by atoms with E-state index in [1.807, 2.05) is 0 Å². The molecule has 0 radical (unpaired) electrons. The molecule has 0 spiro atoms. The van der Waals surface area contributed by atoms with E-state index in [1.54, 1.807) is 0 Å². The van der Waals surface area contributed by atoms with Crippen LogP contribution in [0.2, 0.25) is 0 Å². The van der Waals surface area contributed by atoms with Crippen molar-refractivity contribution in [3.8, 4) is 0 Å². The zero-order valence-corrected chi connectivity index (χ0v) is 31.9. The first-order valence-corrected chi connectivity index (χ1v) is 20.4. The molecule has 0 aliphatic rings. The Morgan fingerprint density at radius 3 is 0.633 bits per heavy atom. The molecule has 0 N–H and O–H groups in total. The van der Waals surface area contributed by atoms with Gasteiger partial charge < -0.3 is 0 Å². The molecule has 4 rings (SSSR count). The molecule has 4 aromatic rings. The van der Waals surface area contributed by atoms with Crippen LogP contribution in [0.15, 0.2) is 97.1 Å². The smallest absolute Gasteiger partial charge is 0.0279 e. The third-order valence-corrected chi connectivity index (χ3v) is 11.4. The van der Waals surface area contributed by atoms with E-state index >= 15 is 0 Å². The van der Waals surface area contributed by atoms with Gasteiger partial charge in [0.1, 0.15) is 0 Å². The van der Waals surface area contributed by atoms with Crippen LogP contribution in [0, 0.1) is 5.41 Å². The summed E-state index contributed by atoms with van der Waals surface area (Å²) >= 11 is 0. The highest BCUT2D eigenvalue weighted by molar-refractivity contribution is 5.25. The number of rotatable bonds is 24. The van der Waals surface area contributed by atoms with Gasteiger partial charge in [-0.25, -0.2) is 0 Å². The topological polar surface area (TPSA) is 0 Å². The second kappa shape index (κ2) is 21.9. The molecule has 0 aliphatic carbocycles. The normalized spacial score (nSPS) is 11.7. The van der Waals surface area contributed by atoms with Crippen molar-refractivity contribution in [3.05, 3.63) is 142 Å². The SMILES string of the molecule is CCc1ccc(CCCCC(CCCCc2ccc(CC)cc2)(CCCCc2ccc(CC)cc2)CCCCc2ccc(CC)cc2)cc1. The van der Waals surface area contributed by atoms with E-state index in [1.165, 1.54) is 147 Å². The van der Waals surface area contributed by atoms with Crippen LogP contribution in [0.5, 0.6) is 0 Å². The summed E-state index contributed by atoms with van der Waals surface area (Å²) in [4.78, 5) is 0. The molecule has 0 fully saturated rings. The average molecular weight is 657 g/mol. The van der Waals surface area contributed by atoms with Crippen LogP contribution in [0.3, 0.4) is 0 Å². The van der Waals surface area contributed by atoms with Gasteiger partial charge in [0, 0.05) is 0 Å². The fraction of sp³-hybridized carbons (Fsp3) is 0.510. The van der Waals surface area contributed by atoms with E-state index in [4.69, 9.17) is 0 Å². The van der Waals surface area contributed by atoms with Gasteiger partial charge in [-0.2, -0.15) is 0 Å². The fourth-order valence-electron chi connectivity index (χ4n) is 7.83. The predicted octanol–water partition coefficient (Wildman–Crippen LogP) is 13.9. The second-order valence-electron chi connectivity index (χ2n) is 15.0. The first-order valence-electron chi connectivity index (χ1n) is 20.4. The van der Waals surface area contributed by atoms with E-state index in [9.17, 15) is 0 Å². The average Bonchev–Trinajstić information content (AvgIpc) is 3.16. The van der Waals surface area contributed by atoms with Crippen molar-refractivity contribution in [1.29, 1.82) is 0 Å². The van der Waals surface area contributed by atoms with Crippen LogP contribution in [0.25, 0.3) is 0 Å². The summed E-state index contributed by atoms with van der Waals surface area (Å²) in [5.41, 5.74) is 12.3. The molecular formula is C49H68. The van der Waals surface area contributed by atoms with Gasteiger partial charge in [0.05, 0.1) is 0 Å². The number of hydrogen-bond acceptors (Lipinski definition) is 0. The fourth-order valence-corrected chi connectivity index (χ4v) is 7.83. The Morgan fingerprint density at radius 1 is 0.265 bits per heavy atom. The van der Waals surface area contributed by atoms with E-state index in [-0.39, 0.29) is 0 Å². The van der Waals surface area contributed by atoms with E-state index < -0.39 is 0 Å². The van der Waals surface area contributed by atoms with Crippen molar-refractivity contribution in [2.75, 3.05) is 0 Å². The quantitative estimate of drug-likeness (QED) is 0.0658. The molecule has 0 bridgehead atoms. The van der Waals surface area contributed by atoms with E-state index in [0.717, 1.165) is 25.7 Å². The maximum absolute atomic E-state index is 2.37. The van der Waals surface area contributed by atoms with Crippen LogP contribution in [0.1, 0.15) is 149 Å². The lowest BCUT2D eigenvalue weighted by atomic mass is 9.70. The molecular weight excluding hydrogens is 589 g/mol. The zero-order valence-electron chi connectivity index (χ0n) is 31.9. The van der Waals surface area contributed by atoms with Crippen molar-refractivity contribution in [1.82, 2.24) is 0 Å². The van der Waals surface area contributed by atoms with Crippen molar-refractivity contribution in [2.24, 2.45) is 5.41 Å². The third-order valence-electron chi connectivity index (χ3n) is 11.4. The standard InChI is InChI=1S/C49H68/c1-5-41-21-29-45(30-22-41)17-9-13-37-49(38-14-10-18-46-31-23-42(6-2)24-32-46,39-15-11-19-47-33-25-43(7-3)26-34-47)40-16-12-20-48-35-27-44(8-4)28-36-48/h21-36H,5-20,37-40H2,1-4H3. The second-order valence-corrected chi connectivity index (χ2v) is 15.0. The Labute approximate surface area is 302 Å². The predicted molar refractivity (Wildman–Crippen MR) is 216 cm³/mol. The van der Waals surface area contributed by atoms with Crippen molar-refractivity contribution >= 4 is 0 Å². The Bertz CT molecular complexity index is 1180. The van der Waals surface area contributed by atoms with Crippen LogP contribution < -0.4 is 0 Å². The highest BCUT2D eigenvalue weighted by Crippen LogP contribution is 2.42. The maximum Gasteiger partial charge on any atom is -0.0279 e. The monoisotopic (exact) mass is 657 g/mol. The summed E-state index contributed by atoms with van der Waals surface area (Å²) in [5.74, 6) is 0. The minimum atomic E-state index is 0.469. The van der Waals surface area contributed by atoms with Gasteiger partial charge in [-0.3, -0.25) is 0 Å². The van der Waals surface area contributed by atoms with Crippen LogP contribution in [-0.4, -0.2) is 0 Å². The van der Waals surface area contributed by atoms with Gasteiger partial charge in [-0.1, -0.05) is 150 Å². The Hall–Kier alpha value is -3.12. The molecule has 0 aliphatic heterocycles. The molecule has 49 heavy (non-hydrogen) atoms. The molecule has 264 valence electrons. The molecule has 0 nitrogen and oxygen atoms in total. The molecule has 0 heterocycles. The first kappa shape index (κ1) is 38.7. The van der Waals surface area contributed by atoms with Crippen LogP contribution in [0.4, 0.5) is 0 Å². The molecule has 4 aromatic carbocycles. The highest BCUT2D eigenvalue weighted by Gasteiger charge is 2.28. The molecule has 0 atom stereocenters. The summed E-state index contributed by atoms with van der Waals surface area (Å²) in [5, 5.41) is 0. The minimum absolute atomic E-state index is 0.469. The summed E-state index contributed by atoms with van der Waals surface area (Å²) in [6, 6.07) is 37.7. The number of unbranched alkanes of at least 4 members (excludes halogenated alkanes) is 4. The largest absolute Gasteiger partial charge is 0.0613 e. The summed E-state index contributed by atoms with van der Waals surface area (Å²) < 4.78 is 0. The summed E-state index contributed by atoms with van der Waals surface area (Å²) in [6.45, 7) is 9.00. The van der Waals surface area contributed by atoms with Crippen molar-refractivity contribution in [3.63, 3.8) is 0 Å². The van der Waals surface area contributed by atoms with Gasteiger partial charge in [-0.15, -0.1) is 0 Å². The van der Waals surface area contributed by atoms with Gasteiger partial charge in [0.15, 0.2) is 0 Å². The molecule has 0 aromatic heterocycles. The zero-order chi connectivity index (χ0) is 34.6. The van der Waals surface area contributed by atoms with Crippen molar-refractivity contribution < 1.29 is 0 Å². The molecule has 0 saturated carbocycles. The number of hydrogen-bond donors (Lipinski definition) is 0. The Morgan fingerprint density at radius 2 is 0.449 bits per heavy atom. The third kappa shape index (κ3) is 14.0. The summed E-state index contributed by atoms with van der Waals surface area (Å²) in [6.07, 6.45) is 25.6. The van der Waals surface area contributed by atoms with E-state index in [2.05, 4.69) is 125 Å².